The second-order valence-corrected chi connectivity index (χ2v) is 4.25. The van der Waals surface area contributed by atoms with Crippen LogP contribution in [0.2, 0.25) is 10.0 Å². The van der Waals surface area contributed by atoms with Crippen LogP contribution < -0.4 is 5.32 Å². The Morgan fingerprint density at radius 3 is 2.81 bits per heavy atom. The highest BCUT2D eigenvalue weighted by Gasteiger charge is 2.12. The molecule has 1 N–H and O–H groups in total. The summed E-state index contributed by atoms with van der Waals surface area (Å²) in [5.41, 5.74) is 0.398. The van der Waals surface area contributed by atoms with E-state index in [-0.39, 0.29) is 11.9 Å². The number of hydrogen-bond acceptors (Lipinski definition) is 1. The fraction of sp³-hybridized carbons (Fsp3) is 0.250. The predicted molar refractivity (Wildman–Crippen MR) is 66.8 cm³/mol. The molecule has 0 aromatic heterocycles. The third-order valence-corrected chi connectivity index (χ3v) is 2.53. The summed E-state index contributed by atoms with van der Waals surface area (Å²) in [6, 6.07) is 4.66. The number of benzene rings is 1. The number of carbonyl (C=O) groups excluding carboxylic acids is 1. The highest BCUT2D eigenvalue weighted by Crippen LogP contribution is 2.20. The zero-order chi connectivity index (χ0) is 12.1. The lowest BCUT2D eigenvalue weighted by molar-refractivity contribution is 0.0941. The Hall–Kier alpha value is -1.17. The molecule has 0 aliphatic heterocycles. The van der Waals surface area contributed by atoms with E-state index in [2.05, 4.69) is 11.2 Å². The maximum atomic E-state index is 11.8. The number of terminal acetylenes is 1. The largest absolute Gasteiger partial charge is 0.349 e. The summed E-state index contributed by atoms with van der Waals surface area (Å²) in [6.45, 7) is 1.83. The Balaban J connectivity index is 2.78. The van der Waals surface area contributed by atoms with Crippen LogP contribution in [0.1, 0.15) is 23.7 Å². The van der Waals surface area contributed by atoms with Crippen LogP contribution in [0.3, 0.4) is 0 Å². The standard InChI is InChI=1S/C12H11Cl2NO/c1-3-4-8(2)15-12(16)10-6-5-9(13)7-11(10)14/h1,5-8H,4H2,2H3,(H,15,16). The zero-order valence-electron chi connectivity index (χ0n) is 8.76. The van der Waals surface area contributed by atoms with E-state index >= 15 is 0 Å². The van der Waals surface area contributed by atoms with Gasteiger partial charge in [-0.2, -0.15) is 0 Å². The average Bonchev–Trinajstić information content (AvgIpc) is 2.17. The van der Waals surface area contributed by atoms with Crippen molar-refractivity contribution in [3.8, 4) is 12.3 Å². The predicted octanol–water partition coefficient (Wildman–Crippen LogP) is 3.14. The summed E-state index contributed by atoms with van der Waals surface area (Å²) in [6.07, 6.45) is 5.63. The first-order chi connectivity index (χ1) is 7.54. The number of carbonyl (C=O) groups is 1. The molecule has 1 rings (SSSR count). The lowest BCUT2D eigenvalue weighted by atomic mass is 10.2. The van der Waals surface area contributed by atoms with E-state index in [0.29, 0.717) is 22.0 Å². The summed E-state index contributed by atoms with van der Waals surface area (Å²) >= 11 is 11.6. The maximum absolute atomic E-state index is 11.8. The molecule has 0 fully saturated rings. The van der Waals surface area contributed by atoms with E-state index in [9.17, 15) is 4.79 Å². The van der Waals surface area contributed by atoms with Crippen molar-refractivity contribution >= 4 is 29.1 Å². The summed E-state index contributed by atoms with van der Waals surface area (Å²) in [7, 11) is 0. The molecule has 1 aromatic rings. The maximum Gasteiger partial charge on any atom is 0.253 e. The molecular weight excluding hydrogens is 245 g/mol. The Morgan fingerprint density at radius 2 is 2.25 bits per heavy atom. The van der Waals surface area contributed by atoms with Crippen LogP contribution in [0, 0.1) is 12.3 Å². The average molecular weight is 256 g/mol. The SMILES string of the molecule is C#CCC(C)NC(=O)c1ccc(Cl)cc1Cl. The van der Waals surface area contributed by atoms with E-state index < -0.39 is 0 Å². The molecule has 1 aromatic carbocycles. The fourth-order valence-corrected chi connectivity index (χ4v) is 1.70. The third kappa shape index (κ3) is 3.44. The van der Waals surface area contributed by atoms with Gasteiger partial charge in [-0.15, -0.1) is 12.3 Å². The van der Waals surface area contributed by atoms with Gasteiger partial charge in [0.2, 0.25) is 0 Å². The quantitative estimate of drug-likeness (QED) is 0.827. The number of hydrogen-bond donors (Lipinski definition) is 1. The van der Waals surface area contributed by atoms with Crippen molar-refractivity contribution in [2.45, 2.75) is 19.4 Å². The molecule has 16 heavy (non-hydrogen) atoms. The lowest BCUT2D eigenvalue weighted by Gasteiger charge is -2.11. The molecule has 0 heterocycles. The Bertz CT molecular complexity index is 437. The first kappa shape index (κ1) is 12.9. The molecular formula is C12H11Cl2NO. The summed E-state index contributed by atoms with van der Waals surface area (Å²) in [5.74, 6) is 2.23. The first-order valence-electron chi connectivity index (χ1n) is 4.74. The number of nitrogens with one attached hydrogen (secondary N) is 1. The van der Waals surface area contributed by atoms with Crippen molar-refractivity contribution in [2.75, 3.05) is 0 Å². The molecule has 1 unspecified atom stereocenters. The summed E-state index contributed by atoms with van der Waals surface area (Å²) in [5, 5.41) is 3.58. The molecule has 4 heteroatoms. The minimum Gasteiger partial charge on any atom is -0.349 e. The van der Waals surface area contributed by atoms with Crippen LogP contribution in [0.25, 0.3) is 0 Å². The smallest absolute Gasteiger partial charge is 0.253 e. The van der Waals surface area contributed by atoms with Crippen molar-refractivity contribution in [1.29, 1.82) is 0 Å². The van der Waals surface area contributed by atoms with E-state index in [1.807, 2.05) is 6.92 Å². The van der Waals surface area contributed by atoms with E-state index in [4.69, 9.17) is 29.6 Å². The molecule has 2 nitrogen and oxygen atoms in total. The van der Waals surface area contributed by atoms with Crippen molar-refractivity contribution in [1.82, 2.24) is 5.32 Å². The van der Waals surface area contributed by atoms with Gasteiger partial charge in [-0.25, -0.2) is 0 Å². The Labute approximate surface area is 105 Å². The van der Waals surface area contributed by atoms with Gasteiger partial charge in [-0.3, -0.25) is 4.79 Å². The van der Waals surface area contributed by atoms with Gasteiger partial charge in [0.25, 0.3) is 5.91 Å². The molecule has 84 valence electrons. The second kappa shape index (κ2) is 5.79. The molecule has 0 saturated heterocycles. The second-order valence-electron chi connectivity index (χ2n) is 3.41. The normalized spacial score (nSPS) is 11.6. The lowest BCUT2D eigenvalue weighted by Crippen LogP contribution is -2.32. The molecule has 0 aliphatic rings. The van der Waals surface area contributed by atoms with Gasteiger partial charge in [0.05, 0.1) is 10.6 Å². The van der Waals surface area contributed by atoms with Crippen molar-refractivity contribution in [3.05, 3.63) is 33.8 Å². The zero-order valence-corrected chi connectivity index (χ0v) is 10.3. The molecule has 0 aliphatic carbocycles. The topological polar surface area (TPSA) is 29.1 Å². The molecule has 0 spiro atoms. The van der Waals surface area contributed by atoms with E-state index in [0.717, 1.165) is 0 Å². The van der Waals surface area contributed by atoms with Gasteiger partial charge >= 0.3 is 0 Å². The fourth-order valence-electron chi connectivity index (χ4n) is 1.20. The molecule has 0 radical (unpaired) electrons. The minimum atomic E-state index is -0.246. The van der Waals surface area contributed by atoms with Crippen LogP contribution in [-0.4, -0.2) is 11.9 Å². The number of rotatable bonds is 3. The first-order valence-corrected chi connectivity index (χ1v) is 5.49. The van der Waals surface area contributed by atoms with Crippen LogP contribution in [0.15, 0.2) is 18.2 Å². The summed E-state index contributed by atoms with van der Waals surface area (Å²) in [4.78, 5) is 11.8. The third-order valence-electron chi connectivity index (χ3n) is 1.98. The molecule has 0 bridgehead atoms. The van der Waals surface area contributed by atoms with Gasteiger partial charge in [0.1, 0.15) is 0 Å². The van der Waals surface area contributed by atoms with Gasteiger partial charge in [-0.05, 0) is 25.1 Å². The molecule has 1 amide bonds. The van der Waals surface area contributed by atoms with E-state index in [1.54, 1.807) is 12.1 Å². The number of halogens is 2. The van der Waals surface area contributed by atoms with Crippen LogP contribution in [0.4, 0.5) is 0 Å². The van der Waals surface area contributed by atoms with Gasteiger partial charge in [0, 0.05) is 17.5 Å². The van der Waals surface area contributed by atoms with Crippen molar-refractivity contribution in [3.63, 3.8) is 0 Å². The van der Waals surface area contributed by atoms with Gasteiger partial charge in [0.15, 0.2) is 0 Å². The van der Waals surface area contributed by atoms with Crippen molar-refractivity contribution < 1.29 is 4.79 Å². The molecule has 1 atom stereocenters. The van der Waals surface area contributed by atoms with Gasteiger partial charge < -0.3 is 5.32 Å². The van der Waals surface area contributed by atoms with Crippen LogP contribution in [-0.2, 0) is 0 Å². The van der Waals surface area contributed by atoms with Gasteiger partial charge in [-0.1, -0.05) is 23.2 Å². The monoisotopic (exact) mass is 255 g/mol. The van der Waals surface area contributed by atoms with Crippen LogP contribution >= 0.6 is 23.2 Å². The number of amides is 1. The van der Waals surface area contributed by atoms with E-state index in [1.165, 1.54) is 6.07 Å². The minimum absolute atomic E-state index is 0.0794. The molecule has 0 saturated carbocycles. The highest BCUT2D eigenvalue weighted by atomic mass is 35.5. The van der Waals surface area contributed by atoms with Crippen LogP contribution in [0.5, 0.6) is 0 Å². The summed E-state index contributed by atoms with van der Waals surface area (Å²) < 4.78 is 0. The van der Waals surface area contributed by atoms with Crippen molar-refractivity contribution in [2.24, 2.45) is 0 Å². The Morgan fingerprint density at radius 1 is 1.56 bits per heavy atom. The Kier molecular flexibility index (Phi) is 4.67. The highest BCUT2D eigenvalue weighted by molar-refractivity contribution is 6.36.